The van der Waals surface area contributed by atoms with Crippen molar-refractivity contribution in [2.45, 2.75) is 44.2 Å². The maximum absolute atomic E-state index is 9.39. The van der Waals surface area contributed by atoms with Gasteiger partial charge in [0.25, 0.3) is 0 Å². The van der Waals surface area contributed by atoms with Crippen LogP contribution >= 0.6 is 0 Å². The summed E-state index contributed by atoms with van der Waals surface area (Å²) in [6.07, 6.45) is -3.24. The molecular formula is C8H16O4. The molecule has 5 atom stereocenters. The van der Waals surface area contributed by atoms with Gasteiger partial charge in [-0.2, -0.15) is 0 Å². The summed E-state index contributed by atoms with van der Waals surface area (Å²) < 4.78 is 0. The van der Waals surface area contributed by atoms with Crippen LogP contribution < -0.4 is 0 Å². The Hall–Kier alpha value is -0.160. The third-order valence-electron chi connectivity index (χ3n) is 2.59. The van der Waals surface area contributed by atoms with Gasteiger partial charge < -0.3 is 20.4 Å². The predicted octanol–water partition coefficient (Wildman–Crippen LogP) is -1.14. The summed E-state index contributed by atoms with van der Waals surface area (Å²) in [4.78, 5) is 0. The molecule has 4 N–H and O–H groups in total. The first kappa shape index (κ1) is 9.92. The van der Waals surface area contributed by atoms with Gasteiger partial charge in [-0.3, -0.25) is 0 Å². The minimum atomic E-state index is -1.22. The van der Waals surface area contributed by atoms with E-state index in [9.17, 15) is 20.4 Å². The zero-order valence-electron chi connectivity index (χ0n) is 7.09. The summed E-state index contributed by atoms with van der Waals surface area (Å²) in [5.74, 6) is -0.0770. The van der Waals surface area contributed by atoms with Crippen LogP contribution in [0.2, 0.25) is 0 Å². The zero-order valence-corrected chi connectivity index (χ0v) is 7.09. The first-order valence-electron chi connectivity index (χ1n) is 4.26. The highest BCUT2D eigenvalue weighted by molar-refractivity contribution is 4.87. The van der Waals surface area contributed by atoms with Gasteiger partial charge in [0.15, 0.2) is 0 Å². The molecule has 1 rings (SSSR count). The van der Waals surface area contributed by atoms with Crippen LogP contribution in [0.5, 0.6) is 0 Å². The molecule has 1 aliphatic carbocycles. The van der Waals surface area contributed by atoms with E-state index in [0.29, 0.717) is 12.8 Å². The van der Waals surface area contributed by atoms with E-state index in [4.69, 9.17) is 0 Å². The van der Waals surface area contributed by atoms with Crippen molar-refractivity contribution in [1.82, 2.24) is 0 Å². The Kier molecular flexibility index (Phi) is 3.06. The molecule has 4 heteroatoms. The van der Waals surface area contributed by atoms with Gasteiger partial charge in [0.05, 0.1) is 12.2 Å². The number of aliphatic hydroxyl groups excluding tert-OH is 4. The maximum Gasteiger partial charge on any atom is 0.108 e. The van der Waals surface area contributed by atoms with Gasteiger partial charge in [-0.15, -0.1) is 0 Å². The molecule has 0 spiro atoms. The lowest BCUT2D eigenvalue weighted by molar-refractivity contribution is -0.102. The highest BCUT2D eigenvalue weighted by Gasteiger charge is 2.36. The largest absolute Gasteiger partial charge is 0.390 e. The van der Waals surface area contributed by atoms with Crippen molar-refractivity contribution in [3.63, 3.8) is 0 Å². The zero-order chi connectivity index (χ0) is 9.30. The molecule has 0 saturated heterocycles. The highest BCUT2D eigenvalue weighted by Crippen LogP contribution is 2.23. The normalized spacial score (nSPS) is 50.2. The topological polar surface area (TPSA) is 80.9 Å². The second kappa shape index (κ2) is 3.70. The molecule has 1 fully saturated rings. The molecule has 0 amide bonds. The average Bonchev–Trinajstić information content (AvgIpc) is 2.14. The van der Waals surface area contributed by atoms with Crippen molar-refractivity contribution in [3.8, 4) is 0 Å². The van der Waals surface area contributed by atoms with Crippen molar-refractivity contribution >= 4 is 0 Å². The van der Waals surface area contributed by atoms with Crippen molar-refractivity contribution in [2.24, 2.45) is 5.92 Å². The van der Waals surface area contributed by atoms with Crippen LogP contribution in [0.15, 0.2) is 0 Å². The van der Waals surface area contributed by atoms with Crippen LogP contribution in [0, 0.1) is 5.92 Å². The number of hydrogen-bond acceptors (Lipinski definition) is 4. The minimum Gasteiger partial charge on any atom is -0.390 e. The smallest absolute Gasteiger partial charge is 0.108 e. The number of aliphatic hydroxyl groups is 4. The third-order valence-corrected chi connectivity index (χ3v) is 2.59. The second-order valence-electron chi connectivity index (χ2n) is 3.59. The van der Waals surface area contributed by atoms with E-state index in [-0.39, 0.29) is 5.92 Å². The molecule has 1 aliphatic rings. The van der Waals surface area contributed by atoms with E-state index in [2.05, 4.69) is 0 Å². The Balaban J connectivity index is 2.68. The van der Waals surface area contributed by atoms with Crippen molar-refractivity contribution in [1.29, 1.82) is 0 Å². The number of rotatable bonds is 0. The quantitative estimate of drug-likeness (QED) is 0.352. The SMILES string of the molecule is C[C@H]1CC[C@@H](O)[C@@H](O)[C@@H](O)[C@@H]1O. The summed E-state index contributed by atoms with van der Waals surface area (Å²) in [5, 5.41) is 37.2. The lowest BCUT2D eigenvalue weighted by Gasteiger charge is -2.24. The first-order chi connectivity index (χ1) is 5.54. The van der Waals surface area contributed by atoms with E-state index in [1.165, 1.54) is 0 Å². The molecule has 0 heterocycles. The Bertz CT molecular complexity index is 134. The maximum atomic E-state index is 9.39. The number of hydrogen-bond donors (Lipinski definition) is 4. The van der Waals surface area contributed by atoms with Crippen LogP contribution in [-0.2, 0) is 0 Å². The fourth-order valence-electron chi connectivity index (χ4n) is 1.54. The molecule has 72 valence electrons. The van der Waals surface area contributed by atoms with Crippen LogP contribution in [-0.4, -0.2) is 44.8 Å². The molecular weight excluding hydrogens is 160 g/mol. The first-order valence-corrected chi connectivity index (χ1v) is 4.26. The summed E-state index contributed by atoms with van der Waals surface area (Å²) in [6.45, 7) is 1.79. The van der Waals surface area contributed by atoms with E-state index >= 15 is 0 Å². The van der Waals surface area contributed by atoms with E-state index in [1.807, 2.05) is 0 Å². The van der Waals surface area contributed by atoms with E-state index < -0.39 is 24.4 Å². The Morgan fingerprint density at radius 2 is 1.42 bits per heavy atom. The van der Waals surface area contributed by atoms with Crippen LogP contribution in [0.25, 0.3) is 0 Å². The Morgan fingerprint density at radius 3 is 2.00 bits per heavy atom. The molecule has 0 unspecified atom stereocenters. The molecule has 0 bridgehead atoms. The summed E-state index contributed by atoms with van der Waals surface area (Å²) in [6, 6.07) is 0. The van der Waals surface area contributed by atoms with Gasteiger partial charge in [-0.05, 0) is 18.8 Å². The molecule has 0 radical (unpaired) electrons. The highest BCUT2D eigenvalue weighted by atomic mass is 16.4. The Morgan fingerprint density at radius 1 is 0.833 bits per heavy atom. The monoisotopic (exact) mass is 176 g/mol. The standard InChI is InChI=1S/C8H16O4/c1-4-2-3-5(9)7(11)8(12)6(4)10/h4-12H,2-3H2,1H3/t4-,5+,6+,7+,8-/m0/s1. The minimum absolute atomic E-state index is 0.0770. The lowest BCUT2D eigenvalue weighted by Crippen LogP contribution is -2.43. The molecule has 0 aromatic heterocycles. The lowest BCUT2D eigenvalue weighted by atomic mass is 9.98. The molecule has 0 aromatic carbocycles. The van der Waals surface area contributed by atoms with Crippen LogP contribution in [0.1, 0.15) is 19.8 Å². The van der Waals surface area contributed by atoms with Gasteiger partial charge in [0.1, 0.15) is 12.2 Å². The summed E-state index contributed by atoms with van der Waals surface area (Å²) in [5.41, 5.74) is 0. The summed E-state index contributed by atoms with van der Waals surface area (Å²) >= 11 is 0. The van der Waals surface area contributed by atoms with Crippen molar-refractivity contribution in [2.75, 3.05) is 0 Å². The van der Waals surface area contributed by atoms with Gasteiger partial charge >= 0.3 is 0 Å². The molecule has 4 nitrogen and oxygen atoms in total. The van der Waals surface area contributed by atoms with Crippen molar-refractivity contribution < 1.29 is 20.4 Å². The average molecular weight is 176 g/mol. The van der Waals surface area contributed by atoms with Gasteiger partial charge in [0.2, 0.25) is 0 Å². The van der Waals surface area contributed by atoms with E-state index in [1.54, 1.807) is 6.92 Å². The van der Waals surface area contributed by atoms with Crippen LogP contribution in [0.4, 0.5) is 0 Å². The van der Waals surface area contributed by atoms with E-state index in [0.717, 1.165) is 0 Å². The van der Waals surface area contributed by atoms with Crippen LogP contribution in [0.3, 0.4) is 0 Å². The Labute approximate surface area is 71.5 Å². The van der Waals surface area contributed by atoms with Gasteiger partial charge in [0, 0.05) is 0 Å². The predicted molar refractivity (Wildman–Crippen MR) is 42.4 cm³/mol. The second-order valence-corrected chi connectivity index (χ2v) is 3.59. The molecule has 0 aromatic rings. The molecule has 1 saturated carbocycles. The molecule has 0 aliphatic heterocycles. The third kappa shape index (κ3) is 1.77. The molecule has 12 heavy (non-hydrogen) atoms. The van der Waals surface area contributed by atoms with Gasteiger partial charge in [-0.25, -0.2) is 0 Å². The fourth-order valence-corrected chi connectivity index (χ4v) is 1.54. The van der Waals surface area contributed by atoms with Gasteiger partial charge in [-0.1, -0.05) is 6.92 Å². The fraction of sp³-hybridized carbons (Fsp3) is 1.00. The van der Waals surface area contributed by atoms with Crippen molar-refractivity contribution in [3.05, 3.63) is 0 Å². The summed E-state index contributed by atoms with van der Waals surface area (Å²) in [7, 11) is 0.